The fourth-order valence-electron chi connectivity index (χ4n) is 3.57. The average Bonchev–Trinajstić information content (AvgIpc) is 2.67. The van der Waals surface area contributed by atoms with Crippen molar-refractivity contribution >= 4 is 19.4 Å². The van der Waals surface area contributed by atoms with Crippen LogP contribution in [0.3, 0.4) is 0 Å². The van der Waals surface area contributed by atoms with Gasteiger partial charge in [0.15, 0.2) is 0 Å². The first-order valence-electron chi connectivity index (χ1n) is 11.2. The van der Waals surface area contributed by atoms with E-state index in [1.54, 1.807) is 6.92 Å². The first kappa shape index (κ1) is 27.0. The highest BCUT2D eigenvalue weighted by molar-refractivity contribution is 7.52. The fourth-order valence-corrected chi connectivity index (χ4v) is 4.42. The molecule has 1 aliphatic rings. The number of hydrogen-bond donors (Lipinski definition) is 6. The lowest BCUT2D eigenvalue weighted by atomic mass is 10.0. The van der Waals surface area contributed by atoms with E-state index in [4.69, 9.17) is 0 Å². The molecular formula is C20H41N4O5P. The molecule has 0 aromatic carbocycles. The lowest BCUT2D eigenvalue weighted by Gasteiger charge is -2.28. The van der Waals surface area contributed by atoms with E-state index < -0.39 is 31.4 Å². The van der Waals surface area contributed by atoms with E-state index in [0.29, 0.717) is 19.4 Å². The molecule has 0 aromatic rings. The van der Waals surface area contributed by atoms with Crippen LogP contribution in [-0.2, 0) is 14.2 Å². The van der Waals surface area contributed by atoms with Gasteiger partial charge in [0, 0.05) is 6.54 Å². The molecule has 1 saturated heterocycles. The van der Waals surface area contributed by atoms with Crippen molar-refractivity contribution in [3.05, 3.63) is 0 Å². The number of hydrogen-bond acceptors (Lipinski definition) is 5. The number of amides is 2. The molecule has 1 heterocycles. The van der Waals surface area contributed by atoms with Gasteiger partial charge < -0.3 is 25.7 Å². The molecule has 176 valence electrons. The van der Waals surface area contributed by atoms with Crippen molar-refractivity contribution in [2.24, 2.45) is 5.92 Å². The zero-order valence-corrected chi connectivity index (χ0v) is 19.5. The topological polar surface area (TPSA) is 140 Å². The highest BCUT2D eigenvalue weighted by Gasteiger charge is 2.33. The Morgan fingerprint density at radius 2 is 1.77 bits per heavy atom. The number of nitrogens with one attached hydrogen (secondary N) is 4. The van der Waals surface area contributed by atoms with Gasteiger partial charge in [-0.3, -0.25) is 19.5 Å². The smallest absolute Gasteiger partial charge is 0.342 e. The normalized spacial score (nSPS) is 22.2. The molecule has 1 fully saturated rings. The molecule has 1 unspecified atom stereocenters. The van der Waals surface area contributed by atoms with Crippen LogP contribution in [0, 0.1) is 5.92 Å². The Kier molecular flexibility index (Phi) is 12.8. The first-order chi connectivity index (χ1) is 14.1. The maximum Gasteiger partial charge on any atom is 0.342 e. The Labute approximate surface area is 180 Å². The largest absolute Gasteiger partial charge is 0.354 e. The lowest BCUT2D eigenvalue weighted by molar-refractivity contribution is -0.130. The molecule has 9 nitrogen and oxygen atoms in total. The van der Waals surface area contributed by atoms with Gasteiger partial charge in [-0.25, -0.2) is 0 Å². The zero-order valence-electron chi connectivity index (χ0n) is 18.7. The van der Waals surface area contributed by atoms with Crippen LogP contribution < -0.4 is 21.3 Å². The Bertz CT molecular complexity index is 569. The summed E-state index contributed by atoms with van der Waals surface area (Å²) in [7, 11) is -4.38. The summed E-state index contributed by atoms with van der Waals surface area (Å²) >= 11 is 0. The summed E-state index contributed by atoms with van der Waals surface area (Å²) in [4.78, 5) is 44.7. The second-order valence-corrected chi connectivity index (χ2v) is 10.3. The Balaban J connectivity index is 2.84. The summed E-state index contributed by atoms with van der Waals surface area (Å²) in [6.45, 7) is 7.87. The first-order valence-corrected chi connectivity index (χ1v) is 12.9. The molecule has 0 spiro atoms. The molecule has 0 radical (unpaired) electrons. The minimum absolute atomic E-state index is 0.139. The summed E-state index contributed by atoms with van der Waals surface area (Å²) in [5.41, 5.74) is 0. The quantitative estimate of drug-likeness (QED) is 0.309. The molecule has 0 aromatic heterocycles. The molecule has 10 heteroatoms. The zero-order chi connectivity index (χ0) is 22.6. The molecule has 30 heavy (non-hydrogen) atoms. The molecule has 0 aliphatic carbocycles. The summed E-state index contributed by atoms with van der Waals surface area (Å²) in [5.74, 6) is -1.55. The summed E-state index contributed by atoms with van der Waals surface area (Å²) in [6.07, 6.45) is 6.08. The summed E-state index contributed by atoms with van der Waals surface area (Å²) in [5, 5.41) is 11.9. The van der Waals surface area contributed by atoms with Gasteiger partial charge in [-0.05, 0) is 57.5 Å². The van der Waals surface area contributed by atoms with Gasteiger partial charge in [-0.1, -0.05) is 33.6 Å². The van der Waals surface area contributed by atoms with E-state index in [0.717, 1.165) is 45.2 Å². The van der Waals surface area contributed by atoms with Crippen molar-refractivity contribution in [2.45, 2.75) is 90.0 Å². The molecule has 1 aliphatic heterocycles. The van der Waals surface area contributed by atoms with Crippen molar-refractivity contribution in [3.8, 4) is 0 Å². The summed E-state index contributed by atoms with van der Waals surface area (Å²) < 4.78 is 11.7. The van der Waals surface area contributed by atoms with Crippen LogP contribution >= 0.6 is 7.60 Å². The van der Waals surface area contributed by atoms with Crippen molar-refractivity contribution in [1.29, 1.82) is 0 Å². The van der Waals surface area contributed by atoms with Gasteiger partial charge in [0.25, 0.3) is 0 Å². The molecule has 6 N–H and O–H groups in total. The SMILES string of the molecule is CCC(N[C@@H](CC(C)C)C(=O)N[C@H]1CCCNCCCCCCNC1=O)P(=O)(O)O. The Hall–Kier alpha value is -0.990. The van der Waals surface area contributed by atoms with Crippen LogP contribution in [0.5, 0.6) is 0 Å². The van der Waals surface area contributed by atoms with E-state index >= 15 is 0 Å². The lowest BCUT2D eigenvalue weighted by Crippen LogP contribution is -2.54. The van der Waals surface area contributed by atoms with Gasteiger partial charge >= 0.3 is 7.60 Å². The predicted molar refractivity (Wildman–Crippen MR) is 118 cm³/mol. The van der Waals surface area contributed by atoms with Crippen LogP contribution in [0.4, 0.5) is 0 Å². The van der Waals surface area contributed by atoms with Crippen LogP contribution in [0.15, 0.2) is 0 Å². The highest BCUT2D eigenvalue weighted by Crippen LogP contribution is 2.41. The molecule has 1 rings (SSSR count). The van der Waals surface area contributed by atoms with E-state index in [9.17, 15) is 23.9 Å². The molecular weight excluding hydrogens is 407 g/mol. The Morgan fingerprint density at radius 1 is 1.13 bits per heavy atom. The third-order valence-corrected chi connectivity index (χ3v) is 6.60. The van der Waals surface area contributed by atoms with E-state index in [-0.39, 0.29) is 18.2 Å². The van der Waals surface area contributed by atoms with Crippen molar-refractivity contribution in [2.75, 3.05) is 19.6 Å². The Morgan fingerprint density at radius 3 is 2.37 bits per heavy atom. The van der Waals surface area contributed by atoms with E-state index in [2.05, 4.69) is 21.3 Å². The highest BCUT2D eigenvalue weighted by atomic mass is 31.2. The van der Waals surface area contributed by atoms with Crippen LogP contribution in [-0.4, -0.2) is 59.1 Å². The fraction of sp³-hybridized carbons (Fsp3) is 0.900. The maximum atomic E-state index is 13.0. The van der Waals surface area contributed by atoms with Gasteiger partial charge in [0.2, 0.25) is 11.8 Å². The standard InChI is InChI=1S/C20H41N4O5P/c1-4-18(30(27,28)29)23-17(14-15(2)3)20(26)24-16-10-9-12-21-11-7-5-6-8-13-22-19(16)25/h15-18,21,23H,4-14H2,1-3H3,(H,22,25)(H,24,26)(H2,27,28,29)/t16-,17-,18?/m0/s1. The monoisotopic (exact) mass is 448 g/mol. The maximum absolute atomic E-state index is 13.0. The minimum Gasteiger partial charge on any atom is -0.354 e. The third-order valence-electron chi connectivity index (χ3n) is 5.27. The van der Waals surface area contributed by atoms with Crippen molar-refractivity contribution in [1.82, 2.24) is 21.3 Å². The van der Waals surface area contributed by atoms with Gasteiger partial charge in [-0.2, -0.15) is 0 Å². The molecule has 0 bridgehead atoms. The van der Waals surface area contributed by atoms with E-state index in [1.165, 1.54) is 0 Å². The number of rotatable bonds is 8. The van der Waals surface area contributed by atoms with Gasteiger partial charge in [0.05, 0.1) is 6.04 Å². The minimum atomic E-state index is -4.38. The van der Waals surface area contributed by atoms with Crippen molar-refractivity contribution in [3.63, 3.8) is 0 Å². The second kappa shape index (κ2) is 14.1. The number of carbonyl (C=O) groups is 2. The second-order valence-electron chi connectivity index (χ2n) is 8.52. The molecule has 2 amide bonds. The van der Waals surface area contributed by atoms with Crippen molar-refractivity contribution < 1.29 is 23.9 Å². The van der Waals surface area contributed by atoms with Crippen LogP contribution in [0.25, 0.3) is 0 Å². The van der Waals surface area contributed by atoms with Crippen LogP contribution in [0.1, 0.15) is 72.1 Å². The molecule has 3 atom stereocenters. The third kappa shape index (κ3) is 10.9. The number of carbonyl (C=O) groups excluding carboxylic acids is 2. The average molecular weight is 449 g/mol. The van der Waals surface area contributed by atoms with Gasteiger partial charge in [-0.15, -0.1) is 0 Å². The summed E-state index contributed by atoms with van der Waals surface area (Å²) in [6, 6.07) is -1.44. The predicted octanol–water partition coefficient (Wildman–Crippen LogP) is 1.45. The van der Waals surface area contributed by atoms with Crippen LogP contribution in [0.2, 0.25) is 0 Å². The molecule has 0 saturated carbocycles. The van der Waals surface area contributed by atoms with E-state index in [1.807, 2.05) is 13.8 Å². The van der Waals surface area contributed by atoms with Gasteiger partial charge in [0.1, 0.15) is 11.8 Å².